The summed E-state index contributed by atoms with van der Waals surface area (Å²) in [4.78, 5) is 29.3. The molecule has 0 aliphatic carbocycles. The van der Waals surface area contributed by atoms with E-state index in [1.807, 2.05) is 0 Å². The standard InChI is InChI=1S/C28H26ClF3N4O4S/c29-22-7-2-1-4-19(22)16-41(39,40)17-25-26(37)34-24-14-18(8-9-23(24)33-25)27(38)36-12-10-35(11-13-36)21-6-3-5-20(15-21)28(30,31)32/h1-9,14-15,25,33H,10-13,16-17H2,(H,34,37). The Balaban J connectivity index is 1.21. The van der Waals surface area contributed by atoms with Crippen molar-refractivity contribution in [1.82, 2.24) is 4.90 Å². The number of rotatable bonds is 6. The number of hydrogen-bond acceptors (Lipinski definition) is 6. The number of nitrogens with one attached hydrogen (secondary N) is 2. The van der Waals surface area contributed by atoms with Gasteiger partial charge in [-0.05, 0) is 48.0 Å². The van der Waals surface area contributed by atoms with Crippen LogP contribution in [-0.2, 0) is 26.6 Å². The summed E-state index contributed by atoms with van der Waals surface area (Å²) in [5.74, 6) is -1.57. The Hall–Kier alpha value is -3.77. The van der Waals surface area contributed by atoms with Crippen molar-refractivity contribution in [2.45, 2.75) is 18.0 Å². The lowest BCUT2D eigenvalue weighted by Gasteiger charge is -2.36. The fourth-order valence-corrected chi connectivity index (χ4v) is 6.76. The molecule has 1 unspecified atom stereocenters. The maximum Gasteiger partial charge on any atom is 0.416 e. The summed E-state index contributed by atoms with van der Waals surface area (Å²) >= 11 is 6.09. The van der Waals surface area contributed by atoms with E-state index in [1.54, 1.807) is 52.3 Å². The van der Waals surface area contributed by atoms with Gasteiger partial charge in [-0.15, -0.1) is 0 Å². The van der Waals surface area contributed by atoms with Gasteiger partial charge in [0.2, 0.25) is 5.91 Å². The molecule has 0 spiro atoms. The SMILES string of the molecule is O=C1Nc2cc(C(=O)N3CCN(c4cccc(C(F)(F)F)c4)CC3)ccc2NC1CS(=O)(=O)Cc1ccccc1Cl. The second-order valence-corrected chi connectivity index (χ2v) is 12.4. The van der Waals surface area contributed by atoms with Crippen LogP contribution >= 0.6 is 11.6 Å². The Morgan fingerprint density at radius 3 is 2.39 bits per heavy atom. The van der Waals surface area contributed by atoms with Crippen molar-refractivity contribution in [2.24, 2.45) is 0 Å². The van der Waals surface area contributed by atoms with Crippen molar-refractivity contribution in [3.05, 3.63) is 88.4 Å². The number of benzene rings is 3. The fraction of sp³-hybridized carbons (Fsp3) is 0.286. The summed E-state index contributed by atoms with van der Waals surface area (Å²) in [6.07, 6.45) is -4.44. The van der Waals surface area contributed by atoms with E-state index in [2.05, 4.69) is 10.6 Å². The number of nitrogens with zero attached hydrogens (tertiary/aromatic N) is 2. The summed E-state index contributed by atoms with van der Waals surface area (Å²) < 4.78 is 64.8. The van der Waals surface area contributed by atoms with E-state index in [4.69, 9.17) is 11.6 Å². The Bertz CT molecular complexity index is 1590. The van der Waals surface area contributed by atoms with E-state index in [-0.39, 0.29) is 11.7 Å². The van der Waals surface area contributed by atoms with Gasteiger partial charge >= 0.3 is 6.18 Å². The molecule has 1 saturated heterocycles. The molecule has 0 aromatic heterocycles. The first kappa shape index (κ1) is 28.7. The van der Waals surface area contributed by atoms with Gasteiger partial charge in [-0.2, -0.15) is 13.2 Å². The lowest BCUT2D eigenvalue weighted by atomic mass is 10.1. The van der Waals surface area contributed by atoms with E-state index >= 15 is 0 Å². The van der Waals surface area contributed by atoms with Crippen LogP contribution in [0.15, 0.2) is 66.7 Å². The average molecular weight is 607 g/mol. The number of carbonyl (C=O) groups is 2. The molecule has 0 bridgehead atoms. The van der Waals surface area contributed by atoms with Crippen LogP contribution in [0.4, 0.5) is 30.2 Å². The first-order valence-corrected chi connectivity index (χ1v) is 15.0. The Morgan fingerprint density at radius 1 is 0.951 bits per heavy atom. The number of hydrogen-bond donors (Lipinski definition) is 2. The minimum atomic E-state index is -4.44. The molecule has 8 nitrogen and oxygen atoms in total. The lowest BCUT2D eigenvalue weighted by Crippen LogP contribution is -2.49. The highest BCUT2D eigenvalue weighted by atomic mass is 35.5. The van der Waals surface area contributed by atoms with E-state index in [0.29, 0.717) is 59.4 Å². The minimum absolute atomic E-state index is 0.282. The molecule has 2 N–H and O–H groups in total. The second-order valence-electron chi connectivity index (χ2n) is 9.92. The van der Waals surface area contributed by atoms with Gasteiger partial charge in [0.1, 0.15) is 6.04 Å². The molecule has 0 radical (unpaired) electrons. The molecule has 2 aliphatic heterocycles. The number of piperazine rings is 1. The fourth-order valence-electron chi connectivity index (χ4n) is 4.89. The Morgan fingerprint density at radius 2 is 1.68 bits per heavy atom. The number of fused-ring (bicyclic) bond motifs is 1. The van der Waals surface area contributed by atoms with Gasteiger partial charge in [-0.25, -0.2) is 8.42 Å². The maximum atomic E-state index is 13.2. The molecule has 2 heterocycles. The highest BCUT2D eigenvalue weighted by Crippen LogP contribution is 2.33. The molecule has 2 amide bonds. The van der Waals surface area contributed by atoms with Crippen LogP contribution in [0, 0.1) is 0 Å². The second kappa shape index (κ2) is 11.2. The molecule has 0 saturated carbocycles. The van der Waals surface area contributed by atoms with Crippen molar-refractivity contribution >= 4 is 50.3 Å². The monoisotopic (exact) mass is 606 g/mol. The molecule has 41 heavy (non-hydrogen) atoms. The largest absolute Gasteiger partial charge is 0.416 e. The van der Waals surface area contributed by atoms with Crippen LogP contribution in [0.2, 0.25) is 5.02 Å². The van der Waals surface area contributed by atoms with Crippen molar-refractivity contribution in [1.29, 1.82) is 0 Å². The van der Waals surface area contributed by atoms with Gasteiger partial charge in [0.25, 0.3) is 5.91 Å². The molecule has 13 heteroatoms. The van der Waals surface area contributed by atoms with Crippen molar-refractivity contribution in [2.75, 3.05) is 47.5 Å². The van der Waals surface area contributed by atoms with Gasteiger partial charge in [-0.3, -0.25) is 9.59 Å². The lowest BCUT2D eigenvalue weighted by molar-refractivity contribution is -0.137. The first-order valence-electron chi connectivity index (χ1n) is 12.8. The normalized spacial score (nSPS) is 17.5. The van der Waals surface area contributed by atoms with E-state index in [9.17, 15) is 31.2 Å². The van der Waals surface area contributed by atoms with Crippen molar-refractivity contribution in [3.8, 4) is 0 Å². The minimum Gasteiger partial charge on any atom is -0.371 e. The van der Waals surface area contributed by atoms with Crippen LogP contribution in [0.5, 0.6) is 0 Å². The van der Waals surface area contributed by atoms with Gasteiger partial charge in [-0.1, -0.05) is 35.9 Å². The molecular weight excluding hydrogens is 581 g/mol. The van der Waals surface area contributed by atoms with Gasteiger partial charge in [0.05, 0.1) is 28.4 Å². The third-order valence-electron chi connectivity index (χ3n) is 7.03. The van der Waals surface area contributed by atoms with Crippen LogP contribution in [-0.4, -0.2) is 63.1 Å². The van der Waals surface area contributed by atoms with Crippen LogP contribution in [0.3, 0.4) is 0 Å². The highest BCUT2D eigenvalue weighted by molar-refractivity contribution is 7.90. The van der Waals surface area contributed by atoms with E-state index < -0.39 is 39.3 Å². The summed E-state index contributed by atoms with van der Waals surface area (Å²) in [5.41, 5.74) is 1.32. The predicted molar refractivity (Wildman–Crippen MR) is 151 cm³/mol. The average Bonchev–Trinajstić information content (AvgIpc) is 2.93. The van der Waals surface area contributed by atoms with Crippen LogP contribution in [0.25, 0.3) is 0 Å². The number of carbonyl (C=O) groups excluding carboxylic acids is 2. The molecule has 3 aromatic carbocycles. The van der Waals surface area contributed by atoms with Crippen molar-refractivity contribution in [3.63, 3.8) is 0 Å². The Kier molecular flexibility index (Phi) is 7.89. The molecule has 5 rings (SSSR count). The zero-order valence-corrected chi connectivity index (χ0v) is 23.2. The van der Waals surface area contributed by atoms with E-state index in [0.717, 1.165) is 12.1 Å². The maximum absolute atomic E-state index is 13.2. The number of amides is 2. The quantitative estimate of drug-likeness (QED) is 0.423. The van der Waals surface area contributed by atoms with E-state index in [1.165, 1.54) is 12.1 Å². The molecule has 3 aromatic rings. The van der Waals surface area contributed by atoms with Crippen molar-refractivity contribution < 1.29 is 31.2 Å². The summed E-state index contributed by atoms with van der Waals surface area (Å²) in [6.45, 7) is 1.34. The zero-order chi connectivity index (χ0) is 29.4. The summed E-state index contributed by atoms with van der Waals surface area (Å²) in [6, 6.07) is 15.4. The molecule has 216 valence electrons. The zero-order valence-electron chi connectivity index (χ0n) is 21.6. The molecular formula is C28H26ClF3N4O4S. The Labute approximate surface area is 240 Å². The molecule has 2 aliphatic rings. The highest BCUT2D eigenvalue weighted by Gasteiger charge is 2.33. The molecule has 1 atom stereocenters. The third kappa shape index (κ3) is 6.59. The van der Waals surface area contributed by atoms with Gasteiger partial charge in [0.15, 0.2) is 9.84 Å². The van der Waals surface area contributed by atoms with Gasteiger partial charge in [0, 0.05) is 42.5 Å². The number of sulfone groups is 1. The summed E-state index contributed by atoms with van der Waals surface area (Å²) in [7, 11) is -3.69. The first-order chi connectivity index (χ1) is 19.4. The molecule has 1 fully saturated rings. The number of alkyl halides is 3. The predicted octanol–water partition coefficient (Wildman–Crippen LogP) is 4.67. The van der Waals surface area contributed by atoms with Crippen LogP contribution in [0.1, 0.15) is 21.5 Å². The van der Waals surface area contributed by atoms with Gasteiger partial charge < -0.3 is 20.4 Å². The van der Waals surface area contributed by atoms with Crippen LogP contribution < -0.4 is 15.5 Å². The topological polar surface area (TPSA) is 98.8 Å². The summed E-state index contributed by atoms with van der Waals surface area (Å²) in [5, 5.41) is 5.97. The number of halogens is 4. The number of anilines is 3. The third-order valence-corrected chi connectivity index (χ3v) is 8.99. The smallest absolute Gasteiger partial charge is 0.371 e.